The predicted molar refractivity (Wildman–Crippen MR) is 118 cm³/mol. The molecule has 0 atom stereocenters. The molecule has 1 heterocycles. The quantitative estimate of drug-likeness (QED) is 0.140. The molecule has 4 N–H and O–H groups in total. The van der Waals surface area contributed by atoms with Crippen LogP contribution in [0.3, 0.4) is 0 Å². The zero-order valence-electron chi connectivity index (χ0n) is 19.2. The third-order valence-corrected chi connectivity index (χ3v) is 3.52. The summed E-state index contributed by atoms with van der Waals surface area (Å²) in [5.41, 5.74) is 1.25. The Kier molecular flexibility index (Phi) is 32.8. The number of oxime groups is 4. The van der Waals surface area contributed by atoms with Gasteiger partial charge in [-0.2, -0.15) is 0 Å². The van der Waals surface area contributed by atoms with E-state index in [9.17, 15) is 9.59 Å². The Hall–Kier alpha value is -2.51. The summed E-state index contributed by atoms with van der Waals surface area (Å²) in [5.74, 6) is -0.333. The largest absolute Gasteiger partial charge is 2.00 e. The summed E-state index contributed by atoms with van der Waals surface area (Å²) in [5, 5.41) is 47.4. The van der Waals surface area contributed by atoms with Crippen molar-refractivity contribution in [1.29, 1.82) is 0 Å². The number of esters is 1. The van der Waals surface area contributed by atoms with Crippen molar-refractivity contribution < 1.29 is 51.9 Å². The van der Waals surface area contributed by atoms with Crippen LogP contribution in [0.1, 0.15) is 66.7 Å². The second-order valence-electron chi connectivity index (χ2n) is 5.92. The third kappa shape index (κ3) is 27.5. The monoisotopic (exact) mass is 504 g/mol. The van der Waals surface area contributed by atoms with Crippen molar-refractivity contribution in [2.24, 2.45) is 20.6 Å². The van der Waals surface area contributed by atoms with Gasteiger partial charge in [-0.3, -0.25) is 11.1 Å². The van der Waals surface area contributed by atoms with Crippen LogP contribution in [0, 0.1) is 0 Å². The van der Waals surface area contributed by atoms with Crippen molar-refractivity contribution in [3.63, 3.8) is 0 Å². The molecule has 0 amide bonds. The number of carbonyl (C=O) groups excluding carboxylic acids is 2. The van der Waals surface area contributed by atoms with Crippen LogP contribution in [0.15, 0.2) is 20.6 Å². The summed E-state index contributed by atoms with van der Waals surface area (Å²) in [6, 6.07) is 0. The summed E-state index contributed by atoms with van der Waals surface area (Å²) in [6.07, 6.45) is 5.97. The van der Waals surface area contributed by atoms with Gasteiger partial charge < -0.3 is 35.7 Å². The molecular weight excluding hydrogens is 469 g/mol. The second kappa shape index (κ2) is 28.5. The van der Waals surface area contributed by atoms with Crippen molar-refractivity contribution >= 4 is 35.1 Å². The maximum absolute atomic E-state index is 10.4. The molecule has 0 aliphatic carbocycles. The van der Waals surface area contributed by atoms with E-state index >= 15 is 0 Å². The zero-order chi connectivity index (χ0) is 24.5. The number of hydrogen-bond acceptors (Lipinski definition) is 11. The van der Waals surface area contributed by atoms with Crippen LogP contribution in [0.4, 0.5) is 0 Å². The molecule has 0 bridgehead atoms. The van der Waals surface area contributed by atoms with Crippen LogP contribution >= 0.6 is 0 Å². The van der Waals surface area contributed by atoms with Gasteiger partial charge in [0.2, 0.25) is 0 Å². The van der Waals surface area contributed by atoms with Crippen LogP contribution < -0.4 is 0 Å². The second-order valence-corrected chi connectivity index (χ2v) is 5.92. The SMILES string of the molecule is C1CC[N-]CC1.CC(=N\O)/C(C)=N/O.CC(=N\O)/C(C)=N/O.CCOC(=O)CC[C-]=O.[Co+2]. The molecule has 1 radical (unpaired) electrons. The number of ether oxygens (including phenoxy) is 1. The standard InChI is InChI=1S/C6H9O3.C5H10N.2C4H8N2O2.Co/c1-2-9-6(8)4-3-5-7;1-2-4-6-5-3-1;2*1-3(5-7)4(2)6-8;/h2-4H2,1H3;1-5H2;2*7-8H,1-2H3;/q2*-1;;;+2/b;;2*5-3+,6-4+;. The van der Waals surface area contributed by atoms with E-state index in [-0.39, 0.29) is 35.6 Å². The number of piperidine rings is 1. The van der Waals surface area contributed by atoms with Crippen LogP contribution in [-0.2, 0) is 31.1 Å². The number of nitrogens with zero attached hydrogens (tertiary/aromatic N) is 5. The van der Waals surface area contributed by atoms with Gasteiger partial charge >= 0.3 is 22.7 Å². The summed E-state index contributed by atoms with van der Waals surface area (Å²) >= 11 is 0. The molecule has 1 saturated heterocycles. The number of rotatable bonds is 6. The molecule has 0 saturated carbocycles. The molecule has 1 rings (SSSR count). The topological polar surface area (TPSA) is 188 Å². The summed E-state index contributed by atoms with van der Waals surface area (Å²) in [6.45, 7) is 10.5. The van der Waals surface area contributed by atoms with Gasteiger partial charge in [0, 0.05) is 6.42 Å². The first-order valence-corrected chi connectivity index (χ1v) is 9.64. The minimum atomic E-state index is -0.333. The normalized spacial score (nSPS) is 14.0. The van der Waals surface area contributed by atoms with E-state index in [4.69, 9.17) is 20.8 Å². The van der Waals surface area contributed by atoms with E-state index in [2.05, 4.69) is 30.7 Å². The van der Waals surface area contributed by atoms with E-state index in [1.54, 1.807) is 13.2 Å². The summed E-state index contributed by atoms with van der Waals surface area (Å²) in [7, 11) is 0. The van der Waals surface area contributed by atoms with Gasteiger partial charge in [0.05, 0.1) is 6.61 Å². The Morgan fingerprint density at radius 3 is 1.41 bits per heavy atom. The molecule has 0 spiro atoms. The minimum absolute atomic E-state index is 0. The van der Waals surface area contributed by atoms with Crippen molar-refractivity contribution in [2.45, 2.75) is 66.7 Å². The minimum Gasteiger partial charge on any atom is -0.662 e. The van der Waals surface area contributed by atoms with E-state index < -0.39 is 0 Å². The molecule has 12 nitrogen and oxygen atoms in total. The van der Waals surface area contributed by atoms with Gasteiger partial charge in [-0.05, 0) is 34.6 Å². The van der Waals surface area contributed by atoms with Crippen LogP contribution in [0.5, 0.6) is 0 Å². The van der Waals surface area contributed by atoms with Crippen LogP contribution in [-0.4, -0.2) is 75.6 Å². The smallest absolute Gasteiger partial charge is 0.662 e. The Bertz CT molecular complexity index is 517. The average molecular weight is 504 g/mol. The summed E-state index contributed by atoms with van der Waals surface area (Å²) < 4.78 is 4.53. The van der Waals surface area contributed by atoms with E-state index in [0.717, 1.165) is 13.1 Å². The van der Waals surface area contributed by atoms with Gasteiger partial charge in [0.15, 0.2) is 0 Å². The van der Waals surface area contributed by atoms with Gasteiger partial charge in [-0.25, -0.2) is 0 Å². The molecule has 0 unspecified atom stereocenters. The molecule has 0 aromatic rings. The van der Waals surface area contributed by atoms with E-state index in [0.29, 0.717) is 29.5 Å². The molecule has 13 heteroatoms. The first kappa shape index (κ1) is 36.8. The van der Waals surface area contributed by atoms with Gasteiger partial charge in [-0.1, -0.05) is 39.9 Å². The average Bonchev–Trinajstić information content (AvgIpc) is 2.83. The van der Waals surface area contributed by atoms with Crippen LogP contribution in [0.25, 0.3) is 5.32 Å². The molecule has 32 heavy (non-hydrogen) atoms. The fourth-order valence-electron chi connectivity index (χ4n) is 1.41. The van der Waals surface area contributed by atoms with E-state index in [1.807, 2.05) is 0 Å². The van der Waals surface area contributed by atoms with Crippen LogP contribution in [0.2, 0.25) is 0 Å². The molecule has 1 aliphatic rings. The van der Waals surface area contributed by atoms with Crippen molar-refractivity contribution in [3.05, 3.63) is 5.32 Å². The summed E-state index contributed by atoms with van der Waals surface area (Å²) in [4.78, 5) is 20.0. The van der Waals surface area contributed by atoms with Gasteiger partial charge in [0.25, 0.3) is 0 Å². The first-order chi connectivity index (χ1) is 14.7. The molecule has 0 aromatic carbocycles. The zero-order valence-corrected chi connectivity index (χ0v) is 20.3. The predicted octanol–water partition coefficient (Wildman–Crippen LogP) is 3.35. The number of carbonyl (C=O) groups is 1. The Morgan fingerprint density at radius 2 is 1.22 bits per heavy atom. The maximum atomic E-state index is 10.4. The van der Waals surface area contributed by atoms with Crippen molar-refractivity contribution in [2.75, 3.05) is 19.7 Å². The van der Waals surface area contributed by atoms with Crippen molar-refractivity contribution in [1.82, 2.24) is 0 Å². The fraction of sp³-hybridized carbons (Fsp3) is 0.684. The van der Waals surface area contributed by atoms with E-state index in [1.165, 1.54) is 47.0 Å². The third-order valence-electron chi connectivity index (χ3n) is 3.52. The molecule has 0 aromatic heterocycles. The Morgan fingerprint density at radius 1 is 0.844 bits per heavy atom. The van der Waals surface area contributed by atoms with Crippen molar-refractivity contribution in [3.8, 4) is 0 Å². The van der Waals surface area contributed by atoms with Gasteiger partial charge in [0.1, 0.15) is 22.8 Å². The molecule has 187 valence electrons. The first-order valence-electron chi connectivity index (χ1n) is 9.64. The van der Waals surface area contributed by atoms with Gasteiger partial charge in [-0.15, -0.1) is 19.5 Å². The molecule has 1 aliphatic heterocycles. The molecule has 1 fully saturated rings. The Balaban J connectivity index is -0.000000163. The Labute approximate surface area is 199 Å². The maximum Gasteiger partial charge on any atom is 2.00 e. The fourth-order valence-corrected chi connectivity index (χ4v) is 1.41. The number of hydrogen-bond donors (Lipinski definition) is 4. The molecular formula is C19H35CoN5O7.